The van der Waals surface area contributed by atoms with Gasteiger partial charge in [-0.1, -0.05) is 31.0 Å². The lowest BCUT2D eigenvalue weighted by molar-refractivity contribution is 0.0952. The quantitative estimate of drug-likeness (QED) is 0.513. The Morgan fingerprint density at radius 3 is 2.57 bits per heavy atom. The Bertz CT molecular complexity index is 1150. The van der Waals surface area contributed by atoms with Gasteiger partial charge in [-0.2, -0.15) is 5.10 Å². The zero-order valence-corrected chi connectivity index (χ0v) is 16.5. The fourth-order valence-electron chi connectivity index (χ4n) is 3.61. The third-order valence-corrected chi connectivity index (χ3v) is 5.16. The van der Waals surface area contributed by atoms with Gasteiger partial charge in [0.25, 0.3) is 11.5 Å². The first-order chi connectivity index (χ1) is 14.6. The summed E-state index contributed by atoms with van der Waals surface area (Å²) >= 11 is 0. The molecular weight excluding hydrogens is 382 g/mol. The molecule has 0 bridgehead atoms. The molecule has 30 heavy (non-hydrogen) atoms. The number of pyridine rings is 1. The van der Waals surface area contributed by atoms with Crippen LogP contribution in [0, 0.1) is 0 Å². The Hall–Kier alpha value is -3.68. The van der Waals surface area contributed by atoms with Crippen LogP contribution in [0.4, 0.5) is 5.82 Å². The van der Waals surface area contributed by atoms with Crippen LogP contribution in [0.1, 0.15) is 41.6 Å². The second-order valence-corrected chi connectivity index (χ2v) is 7.20. The van der Waals surface area contributed by atoms with Gasteiger partial charge >= 0.3 is 0 Å². The second kappa shape index (κ2) is 8.77. The van der Waals surface area contributed by atoms with Gasteiger partial charge in [-0.3, -0.25) is 14.0 Å². The largest absolute Gasteiger partial charge is 0.507 e. The van der Waals surface area contributed by atoms with Gasteiger partial charge < -0.3 is 10.0 Å². The number of aromatic nitrogens is 2. The van der Waals surface area contributed by atoms with Crippen molar-refractivity contribution in [3.05, 3.63) is 70.1 Å². The maximum absolute atomic E-state index is 13.1. The van der Waals surface area contributed by atoms with E-state index < -0.39 is 5.91 Å². The van der Waals surface area contributed by atoms with E-state index in [0.717, 1.165) is 38.8 Å². The summed E-state index contributed by atoms with van der Waals surface area (Å²) in [7, 11) is 0. The van der Waals surface area contributed by atoms with E-state index in [9.17, 15) is 14.7 Å². The summed E-state index contributed by atoms with van der Waals surface area (Å²) in [4.78, 5) is 32.3. The van der Waals surface area contributed by atoms with Crippen LogP contribution in [0.5, 0.6) is 5.75 Å². The van der Waals surface area contributed by atoms with Crippen LogP contribution in [-0.2, 0) is 0 Å². The number of hydrogen-bond acceptors (Lipinski definition) is 6. The van der Waals surface area contributed by atoms with Crippen LogP contribution in [-0.4, -0.2) is 39.7 Å². The molecule has 0 spiro atoms. The number of amides is 1. The van der Waals surface area contributed by atoms with Crippen LogP contribution in [0.25, 0.3) is 5.65 Å². The fourth-order valence-corrected chi connectivity index (χ4v) is 3.61. The molecule has 1 amide bonds. The van der Waals surface area contributed by atoms with Crippen molar-refractivity contribution in [2.45, 2.75) is 25.7 Å². The van der Waals surface area contributed by atoms with Crippen molar-refractivity contribution in [1.29, 1.82) is 0 Å². The topological polar surface area (TPSA) is 99.3 Å². The van der Waals surface area contributed by atoms with Crippen LogP contribution >= 0.6 is 0 Å². The van der Waals surface area contributed by atoms with E-state index >= 15 is 0 Å². The summed E-state index contributed by atoms with van der Waals surface area (Å²) in [6, 6.07) is 11.6. The number of phenolic OH excluding ortho intramolecular Hbond substituents is 1. The maximum Gasteiger partial charge on any atom is 0.275 e. The minimum atomic E-state index is -0.561. The lowest BCUT2D eigenvalue weighted by atomic mass is 10.2. The van der Waals surface area contributed by atoms with Crippen molar-refractivity contribution in [3.8, 4) is 5.75 Å². The first kappa shape index (κ1) is 19.6. The molecule has 1 saturated heterocycles. The number of rotatable bonds is 4. The number of hydrazone groups is 1. The number of hydrogen-bond donors (Lipinski definition) is 2. The molecule has 1 fully saturated rings. The third kappa shape index (κ3) is 4.03. The van der Waals surface area contributed by atoms with Crippen LogP contribution in [0.3, 0.4) is 0 Å². The van der Waals surface area contributed by atoms with Gasteiger partial charge in [0.1, 0.15) is 22.8 Å². The average molecular weight is 405 g/mol. The van der Waals surface area contributed by atoms with E-state index in [2.05, 4.69) is 15.4 Å². The summed E-state index contributed by atoms with van der Waals surface area (Å²) < 4.78 is 1.47. The molecule has 0 radical (unpaired) electrons. The molecule has 3 aromatic rings. The fraction of sp³-hybridized carbons (Fsp3) is 0.273. The molecule has 0 atom stereocenters. The van der Waals surface area contributed by atoms with Crippen LogP contribution < -0.4 is 15.9 Å². The Kier molecular flexibility index (Phi) is 5.74. The number of aromatic hydroxyl groups is 1. The van der Waals surface area contributed by atoms with Crippen molar-refractivity contribution >= 4 is 23.6 Å². The van der Waals surface area contributed by atoms with Gasteiger partial charge in [-0.05, 0) is 37.1 Å². The molecule has 4 rings (SSSR count). The lowest BCUT2D eigenvalue weighted by Gasteiger charge is -2.23. The molecule has 3 heterocycles. The van der Waals surface area contributed by atoms with Crippen LogP contribution in [0.15, 0.2) is 58.6 Å². The van der Waals surface area contributed by atoms with Crippen molar-refractivity contribution in [2.24, 2.45) is 5.10 Å². The van der Waals surface area contributed by atoms with Crippen molar-refractivity contribution < 1.29 is 9.90 Å². The zero-order chi connectivity index (χ0) is 20.9. The highest BCUT2D eigenvalue weighted by molar-refractivity contribution is 5.97. The summed E-state index contributed by atoms with van der Waals surface area (Å²) in [5.41, 5.74) is 3.12. The molecule has 154 valence electrons. The maximum atomic E-state index is 13.1. The first-order valence-corrected chi connectivity index (χ1v) is 10.0. The predicted molar refractivity (Wildman–Crippen MR) is 115 cm³/mol. The Labute approximate surface area is 173 Å². The predicted octanol–water partition coefficient (Wildman–Crippen LogP) is 2.54. The Morgan fingerprint density at radius 1 is 1.07 bits per heavy atom. The first-order valence-electron chi connectivity index (χ1n) is 10.0. The lowest BCUT2D eigenvalue weighted by Crippen LogP contribution is -2.31. The molecular formula is C22H23N5O3. The Balaban J connectivity index is 1.69. The monoisotopic (exact) mass is 405 g/mol. The summed E-state index contributed by atoms with van der Waals surface area (Å²) in [5.74, 6) is -0.119. The number of anilines is 1. The smallest absolute Gasteiger partial charge is 0.275 e. The third-order valence-electron chi connectivity index (χ3n) is 5.16. The second-order valence-electron chi connectivity index (χ2n) is 7.20. The number of nitrogens with zero attached hydrogens (tertiary/aromatic N) is 4. The number of para-hydroxylation sites is 1. The van der Waals surface area contributed by atoms with E-state index in [1.54, 1.807) is 30.5 Å². The van der Waals surface area contributed by atoms with Crippen molar-refractivity contribution in [1.82, 2.24) is 14.8 Å². The van der Waals surface area contributed by atoms with Gasteiger partial charge in [0.05, 0.1) is 11.8 Å². The normalized spacial score (nSPS) is 14.7. The number of benzene rings is 1. The molecule has 0 aliphatic carbocycles. The van der Waals surface area contributed by atoms with Crippen molar-refractivity contribution in [2.75, 3.05) is 18.0 Å². The SMILES string of the molecule is O=C(N/N=C/c1c(N2CCCCCC2)nc2ccccn2c1=O)c1ccccc1O. The summed E-state index contributed by atoms with van der Waals surface area (Å²) in [6.45, 7) is 1.64. The zero-order valence-electron chi connectivity index (χ0n) is 16.5. The van der Waals surface area contributed by atoms with Crippen LogP contribution in [0.2, 0.25) is 0 Å². The van der Waals surface area contributed by atoms with Gasteiger partial charge in [-0.25, -0.2) is 10.4 Å². The molecule has 8 heteroatoms. The highest BCUT2D eigenvalue weighted by atomic mass is 16.3. The van der Waals surface area contributed by atoms with E-state index in [4.69, 9.17) is 4.98 Å². The minimum absolute atomic E-state index is 0.107. The number of carbonyl (C=O) groups is 1. The average Bonchev–Trinajstić information content (AvgIpc) is 3.05. The Morgan fingerprint density at radius 2 is 1.80 bits per heavy atom. The number of fused-ring (bicyclic) bond motifs is 1. The molecule has 8 nitrogen and oxygen atoms in total. The minimum Gasteiger partial charge on any atom is -0.507 e. The van der Waals surface area contributed by atoms with E-state index in [1.807, 2.05) is 6.07 Å². The molecule has 1 aromatic carbocycles. The molecule has 0 saturated carbocycles. The van der Waals surface area contributed by atoms with Gasteiger partial charge in [-0.15, -0.1) is 0 Å². The molecule has 2 N–H and O–H groups in total. The van der Waals surface area contributed by atoms with E-state index in [1.165, 1.54) is 22.7 Å². The summed E-state index contributed by atoms with van der Waals surface area (Å²) in [5, 5.41) is 13.8. The standard InChI is InChI=1S/C22H23N5O3/c28-18-10-4-3-9-16(18)21(29)25-23-15-17-20(26-12-6-1-2-7-13-26)24-19-11-5-8-14-27(19)22(17)30/h3-5,8-11,14-15,28H,1-2,6-7,12-13H2,(H,25,29)/b23-15+. The van der Waals surface area contributed by atoms with E-state index in [0.29, 0.717) is 17.0 Å². The molecule has 1 aliphatic heterocycles. The molecule has 0 unspecified atom stereocenters. The highest BCUT2D eigenvalue weighted by Crippen LogP contribution is 2.20. The van der Waals surface area contributed by atoms with Gasteiger partial charge in [0, 0.05) is 19.3 Å². The number of nitrogens with one attached hydrogen (secondary N) is 1. The molecule has 2 aromatic heterocycles. The van der Waals surface area contributed by atoms with Gasteiger partial charge in [0.2, 0.25) is 0 Å². The van der Waals surface area contributed by atoms with Crippen molar-refractivity contribution in [3.63, 3.8) is 0 Å². The summed E-state index contributed by atoms with van der Waals surface area (Å²) in [6.07, 6.45) is 7.39. The van der Waals surface area contributed by atoms with E-state index in [-0.39, 0.29) is 16.9 Å². The highest BCUT2D eigenvalue weighted by Gasteiger charge is 2.19. The van der Waals surface area contributed by atoms with Gasteiger partial charge in [0.15, 0.2) is 0 Å². The molecule has 1 aliphatic rings. The number of carbonyl (C=O) groups excluding carboxylic acids is 1. The number of phenols is 1.